The number of aryl methyl sites for hydroxylation is 1. The molecule has 5 nitrogen and oxygen atoms in total. The molecule has 1 heterocycles. The first kappa shape index (κ1) is 20.4. The van der Waals surface area contributed by atoms with Crippen molar-refractivity contribution in [3.05, 3.63) is 88.9 Å². The number of hydrogen-bond acceptors (Lipinski definition) is 4. The van der Waals surface area contributed by atoms with Crippen LogP contribution in [0.25, 0.3) is 17.1 Å². The van der Waals surface area contributed by atoms with Gasteiger partial charge in [-0.25, -0.2) is 0 Å². The van der Waals surface area contributed by atoms with Crippen molar-refractivity contribution in [1.82, 2.24) is 14.8 Å². The molecule has 4 aromatic rings. The number of thioether (sulfide) groups is 1. The molecule has 0 bridgehead atoms. The van der Waals surface area contributed by atoms with Gasteiger partial charge in [-0.2, -0.15) is 0 Å². The number of carbonyl (C=O) groups is 1. The molecule has 0 spiro atoms. The van der Waals surface area contributed by atoms with Gasteiger partial charge in [0, 0.05) is 21.4 Å². The van der Waals surface area contributed by atoms with Gasteiger partial charge in [0.1, 0.15) is 0 Å². The molecule has 0 radical (unpaired) electrons. The number of amides is 1. The monoisotopic (exact) mass is 478 g/mol. The summed E-state index contributed by atoms with van der Waals surface area (Å²) in [5.74, 6) is 0.883. The summed E-state index contributed by atoms with van der Waals surface area (Å²) in [6, 6.07) is 25.6. The Kier molecular flexibility index (Phi) is 6.30. The average Bonchev–Trinajstić information content (AvgIpc) is 3.20. The highest BCUT2D eigenvalue weighted by atomic mass is 79.9. The summed E-state index contributed by atoms with van der Waals surface area (Å²) in [6.07, 6.45) is 0. The van der Waals surface area contributed by atoms with E-state index in [-0.39, 0.29) is 11.7 Å². The SMILES string of the molecule is Cc1cc(NC(=O)CSc2nnc(-c3ccccc3)n2-c2ccccc2)ccc1Br. The van der Waals surface area contributed by atoms with Crippen LogP contribution < -0.4 is 5.32 Å². The number of nitrogens with one attached hydrogen (secondary N) is 1. The molecule has 1 aromatic heterocycles. The molecular formula is C23H19BrN4OS. The van der Waals surface area contributed by atoms with Crippen molar-refractivity contribution in [2.75, 3.05) is 11.1 Å². The van der Waals surface area contributed by atoms with Gasteiger partial charge in [-0.3, -0.25) is 9.36 Å². The fourth-order valence-electron chi connectivity index (χ4n) is 3.00. The third-order valence-electron chi connectivity index (χ3n) is 4.45. The van der Waals surface area contributed by atoms with Gasteiger partial charge >= 0.3 is 0 Å². The van der Waals surface area contributed by atoms with E-state index in [1.54, 1.807) is 0 Å². The first-order valence-electron chi connectivity index (χ1n) is 9.37. The van der Waals surface area contributed by atoms with Gasteiger partial charge in [0.2, 0.25) is 5.91 Å². The lowest BCUT2D eigenvalue weighted by Gasteiger charge is -2.10. The molecule has 0 aliphatic rings. The van der Waals surface area contributed by atoms with Crippen LogP contribution in [-0.2, 0) is 4.79 Å². The second-order valence-corrected chi connectivity index (χ2v) is 8.44. The molecular weight excluding hydrogens is 460 g/mol. The molecule has 4 rings (SSSR count). The lowest BCUT2D eigenvalue weighted by atomic mass is 10.2. The van der Waals surface area contributed by atoms with Crippen molar-refractivity contribution < 1.29 is 4.79 Å². The van der Waals surface area contributed by atoms with Crippen molar-refractivity contribution in [3.8, 4) is 17.1 Å². The van der Waals surface area contributed by atoms with Crippen LogP contribution in [0.5, 0.6) is 0 Å². The standard InChI is InChI=1S/C23H19BrN4OS/c1-16-14-18(12-13-20(16)24)25-21(29)15-30-23-27-26-22(17-8-4-2-5-9-17)28(23)19-10-6-3-7-11-19/h2-14H,15H2,1H3,(H,25,29). The Bertz CT molecular complexity index is 1160. The smallest absolute Gasteiger partial charge is 0.234 e. The number of rotatable bonds is 6. The summed E-state index contributed by atoms with van der Waals surface area (Å²) < 4.78 is 3.00. The van der Waals surface area contributed by atoms with E-state index in [9.17, 15) is 4.79 Å². The second-order valence-electron chi connectivity index (χ2n) is 6.64. The zero-order valence-corrected chi connectivity index (χ0v) is 18.7. The zero-order chi connectivity index (χ0) is 20.9. The van der Waals surface area contributed by atoms with Crippen LogP contribution in [0.4, 0.5) is 5.69 Å². The molecule has 0 saturated heterocycles. The molecule has 150 valence electrons. The van der Waals surface area contributed by atoms with E-state index in [1.807, 2.05) is 90.4 Å². The Morgan fingerprint density at radius 3 is 2.40 bits per heavy atom. The first-order chi connectivity index (χ1) is 14.6. The molecule has 0 saturated carbocycles. The van der Waals surface area contributed by atoms with Gasteiger partial charge in [0.05, 0.1) is 5.75 Å². The molecule has 7 heteroatoms. The van der Waals surface area contributed by atoms with Crippen LogP contribution in [0, 0.1) is 6.92 Å². The predicted molar refractivity (Wildman–Crippen MR) is 125 cm³/mol. The first-order valence-corrected chi connectivity index (χ1v) is 11.1. The fourth-order valence-corrected chi connectivity index (χ4v) is 4.00. The van der Waals surface area contributed by atoms with E-state index < -0.39 is 0 Å². The maximum atomic E-state index is 12.5. The number of benzene rings is 3. The summed E-state index contributed by atoms with van der Waals surface area (Å²) in [4.78, 5) is 12.5. The summed E-state index contributed by atoms with van der Waals surface area (Å²) in [5.41, 5.74) is 3.76. The normalized spacial score (nSPS) is 10.7. The Morgan fingerprint density at radius 1 is 1.00 bits per heavy atom. The minimum atomic E-state index is -0.0920. The maximum absolute atomic E-state index is 12.5. The highest BCUT2D eigenvalue weighted by Gasteiger charge is 2.17. The van der Waals surface area contributed by atoms with Crippen molar-refractivity contribution in [2.24, 2.45) is 0 Å². The Labute approximate surface area is 187 Å². The lowest BCUT2D eigenvalue weighted by Crippen LogP contribution is -2.14. The number of anilines is 1. The number of aromatic nitrogens is 3. The average molecular weight is 479 g/mol. The number of halogens is 1. The number of para-hydroxylation sites is 1. The van der Waals surface area contributed by atoms with Crippen molar-refractivity contribution in [3.63, 3.8) is 0 Å². The summed E-state index contributed by atoms with van der Waals surface area (Å²) >= 11 is 4.83. The van der Waals surface area contributed by atoms with E-state index in [0.717, 1.165) is 32.8 Å². The van der Waals surface area contributed by atoms with Crippen molar-refractivity contribution in [2.45, 2.75) is 12.1 Å². The molecule has 0 aliphatic heterocycles. The highest BCUT2D eigenvalue weighted by molar-refractivity contribution is 9.10. The third-order valence-corrected chi connectivity index (χ3v) is 6.27. The number of carbonyl (C=O) groups excluding carboxylic acids is 1. The van der Waals surface area contributed by atoms with Gasteiger partial charge < -0.3 is 5.32 Å². The van der Waals surface area contributed by atoms with Crippen LogP contribution in [0.3, 0.4) is 0 Å². The highest BCUT2D eigenvalue weighted by Crippen LogP contribution is 2.28. The van der Waals surface area contributed by atoms with Gasteiger partial charge in [0.15, 0.2) is 11.0 Å². The second kappa shape index (κ2) is 9.28. The van der Waals surface area contributed by atoms with Crippen LogP contribution in [0.15, 0.2) is 88.5 Å². The Morgan fingerprint density at radius 2 is 1.70 bits per heavy atom. The summed E-state index contributed by atoms with van der Waals surface area (Å²) in [7, 11) is 0. The van der Waals surface area contributed by atoms with Gasteiger partial charge in [-0.1, -0.05) is 76.2 Å². The predicted octanol–water partition coefficient (Wildman–Crippen LogP) is 5.74. The van der Waals surface area contributed by atoms with Crippen LogP contribution in [0.2, 0.25) is 0 Å². The third kappa shape index (κ3) is 4.63. The minimum absolute atomic E-state index is 0.0920. The van der Waals surface area contributed by atoms with Gasteiger partial charge in [-0.15, -0.1) is 10.2 Å². The molecule has 0 atom stereocenters. The fraction of sp³-hybridized carbons (Fsp3) is 0.0870. The van der Waals surface area contributed by atoms with Crippen LogP contribution in [0.1, 0.15) is 5.56 Å². The van der Waals surface area contributed by atoms with Crippen LogP contribution >= 0.6 is 27.7 Å². The largest absolute Gasteiger partial charge is 0.325 e. The maximum Gasteiger partial charge on any atom is 0.234 e. The van der Waals surface area contributed by atoms with Crippen molar-refractivity contribution in [1.29, 1.82) is 0 Å². The molecule has 30 heavy (non-hydrogen) atoms. The van der Waals surface area contributed by atoms with Gasteiger partial charge in [-0.05, 0) is 42.8 Å². The van der Waals surface area contributed by atoms with E-state index in [2.05, 4.69) is 31.4 Å². The quantitative estimate of drug-likeness (QED) is 0.359. The molecule has 0 unspecified atom stereocenters. The minimum Gasteiger partial charge on any atom is -0.325 e. The van der Waals surface area contributed by atoms with Crippen LogP contribution in [-0.4, -0.2) is 26.4 Å². The zero-order valence-electron chi connectivity index (χ0n) is 16.2. The van der Waals surface area contributed by atoms with E-state index in [1.165, 1.54) is 11.8 Å². The van der Waals surface area contributed by atoms with E-state index >= 15 is 0 Å². The van der Waals surface area contributed by atoms with Gasteiger partial charge in [0.25, 0.3) is 0 Å². The van der Waals surface area contributed by atoms with E-state index in [4.69, 9.17) is 0 Å². The molecule has 3 aromatic carbocycles. The molecule has 1 amide bonds. The Hall–Kier alpha value is -2.90. The number of hydrogen-bond donors (Lipinski definition) is 1. The lowest BCUT2D eigenvalue weighted by molar-refractivity contribution is -0.113. The number of nitrogens with zero attached hydrogens (tertiary/aromatic N) is 3. The van der Waals surface area contributed by atoms with Crippen molar-refractivity contribution >= 4 is 39.3 Å². The molecule has 0 aliphatic carbocycles. The molecule has 0 fully saturated rings. The topological polar surface area (TPSA) is 59.8 Å². The Balaban J connectivity index is 1.56. The summed E-state index contributed by atoms with van der Waals surface area (Å²) in [6.45, 7) is 1.99. The van der Waals surface area contributed by atoms with E-state index in [0.29, 0.717) is 5.16 Å². The molecule has 1 N–H and O–H groups in total. The summed E-state index contributed by atoms with van der Waals surface area (Å²) in [5, 5.41) is 12.4.